The lowest BCUT2D eigenvalue weighted by Crippen LogP contribution is -2.48. The quantitative estimate of drug-likeness (QED) is 0.640. The van der Waals surface area contributed by atoms with E-state index in [1.807, 2.05) is 12.1 Å². The predicted molar refractivity (Wildman–Crippen MR) is 104 cm³/mol. The van der Waals surface area contributed by atoms with Crippen LogP contribution in [0.5, 0.6) is 0 Å². The molecule has 4 heterocycles. The Bertz CT molecular complexity index is 1040. The summed E-state index contributed by atoms with van der Waals surface area (Å²) in [5, 5.41) is 2.80. The Morgan fingerprint density at radius 2 is 1.86 bits per heavy atom. The third-order valence-corrected chi connectivity index (χ3v) is 4.86. The lowest BCUT2D eigenvalue weighted by atomic mass is 10.2. The largest absolute Gasteiger partial charge is 0.344 e. The van der Waals surface area contributed by atoms with Crippen LogP contribution < -0.4 is 5.32 Å². The van der Waals surface area contributed by atoms with E-state index in [1.165, 1.54) is 0 Å². The van der Waals surface area contributed by atoms with Gasteiger partial charge in [0.25, 0.3) is 11.8 Å². The van der Waals surface area contributed by atoms with Gasteiger partial charge in [-0.15, -0.1) is 0 Å². The highest BCUT2D eigenvalue weighted by Gasteiger charge is 2.27. The number of pyridine rings is 2. The molecule has 0 saturated carbocycles. The molecule has 1 aliphatic rings. The van der Waals surface area contributed by atoms with E-state index in [2.05, 4.69) is 15.3 Å². The first kappa shape index (κ1) is 18.6. The molecule has 9 heteroatoms. The van der Waals surface area contributed by atoms with Crippen LogP contribution in [0, 0.1) is 0 Å². The maximum atomic E-state index is 13.0. The fourth-order valence-corrected chi connectivity index (χ4v) is 3.29. The van der Waals surface area contributed by atoms with Crippen LogP contribution in [0.1, 0.15) is 26.8 Å². The van der Waals surface area contributed by atoms with Crippen molar-refractivity contribution >= 4 is 23.7 Å². The summed E-state index contributed by atoms with van der Waals surface area (Å²) in [5.74, 6) is -0.490. The number of hydrogen-bond acceptors (Lipinski definition) is 5. The van der Waals surface area contributed by atoms with Crippen LogP contribution in [0.25, 0.3) is 5.52 Å². The molecule has 148 valence electrons. The van der Waals surface area contributed by atoms with Crippen molar-refractivity contribution in [1.29, 1.82) is 0 Å². The van der Waals surface area contributed by atoms with Gasteiger partial charge in [0, 0.05) is 38.6 Å². The van der Waals surface area contributed by atoms with Gasteiger partial charge in [-0.3, -0.25) is 23.8 Å². The molecule has 0 unspecified atom stereocenters. The number of carbonyl (C=O) groups is 3. The van der Waals surface area contributed by atoms with Gasteiger partial charge in [-0.25, -0.2) is 4.98 Å². The van der Waals surface area contributed by atoms with Gasteiger partial charge in [-0.2, -0.15) is 0 Å². The molecule has 0 aromatic carbocycles. The highest BCUT2D eigenvalue weighted by molar-refractivity contribution is 6.02. The summed E-state index contributed by atoms with van der Waals surface area (Å²) in [6.45, 7) is 2.10. The minimum Gasteiger partial charge on any atom is -0.344 e. The SMILES string of the molecule is O=CN1CCN(C(=O)c2nc(C(=O)NCc3ccccn3)n3ccccc23)CC1. The maximum Gasteiger partial charge on any atom is 0.288 e. The van der Waals surface area contributed by atoms with E-state index in [4.69, 9.17) is 0 Å². The molecule has 0 aliphatic carbocycles. The van der Waals surface area contributed by atoms with Crippen LogP contribution in [0.2, 0.25) is 0 Å². The number of amides is 3. The third-order valence-electron chi connectivity index (χ3n) is 4.86. The second kappa shape index (κ2) is 8.09. The maximum absolute atomic E-state index is 13.0. The van der Waals surface area contributed by atoms with Gasteiger partial charge >= 0.3 is 0 Å². The first-order valence-corrected chi connectivity index (χ1v) is 9.31. The lowest BCUT2D eigenvalue weighted by Gasteiger charge is -2.32. The Hall–Kier alpha value is -3.75. The molecule has 1 N–H and O–H groups in total. The molecule has 3 amide bonds. The number of carbonyl (C=O) groups excluding carboxylic acids is 3. The molecule has 1 aliphatic heterocycles. The standard InChI is InChI=1S/C20H20N6O3/c27-14-24-9-11-25(12-10-24)20(29)17-16-6-2-4-8-26(16)18(23-17)19(28)22-13-15-5-1-3-7-21-15/h1-8,14H,9-13H2,(H,22,28). The Balaban J connectivity index is 1.57. The molecular formula is C20H20N6O3. The Labute approximate surface area is 167 Å². The minimum atomic E-state index is -0.387. The summed E-state index contributed by atoms with van der Waals surface area (Å²) in [4.78, 5) is 48.5. The van der Waals surface area contributed by atoms with E-state index in [0.717, 1.165) is 12.1 Å². The Kier molecular flexibility index (Phi) is 5.19. The van der Waals surface area contributed by atoms with Crippen molar-refractivity contribution in [2.45, 2.75) is 6.54 Å². The average molecular weight is 392 g/mol. The summed E-state index contributed by atoms with van der Waals surface area (Å²) in [6.07, 6.45) is 4.16. The highest BCUT2D eigenvalue weighted by atomic mass is 16.2. The van der Waals surface area contributed by atoms with Crippen LogP contribution in [0.15, 0.2) is 48.8 Å². The first-order chi connectivity index (χ1) is 14.2. The molecule has 0 bridgehead atoms. The number of hydrogen-bond donors (Lipinski definition) is 1. The molecular weight excluding hydrogens is 372 g/mol. The van der Waals surface area contributed by atoms with E-state index in [0.29, 0.717) is 31.7 Å². The zero-order valence-electron chi connectivity index (χ0n) is 15.7. The van der Waals surface area contributed by atoms with E-state index in [-0.39, 0.29) is 29.9 Å². The van der Waals surface area contributed by atoms with Gasteiger partial charge in [0.1, 0.15) is 0 Å². The van der Waals surface area contributed by atoms with E-state index in [1.54, 1.807) is 50.9 Å². The van der Waals surface area contributed by atoms with Crippen LogP contribution in [0.4, 0.5) is 0 Å². The van der Waals surface area contributed by atoms with Crippen molar-refractivity contribution in [2.24, 2.45) is 0 Å². The Morgan fingerprint density at radius 1 is 1.07 bits per heavy atom. The summed E-state index contributed by atoms with van der Waals surface area (Å²) in [5.41, 5.74) is 1.53. The van der Waals surface area contributed by atoms with E-state index < -0.39 is 0 Å². The molecule has 0 atom stereocenters. The molecule has 3 aromatic heterocycles. The monoisotopic (exact) mass is 392 g/mol. The smallest absolute Gasteiger partial charge is 0.288 e. The van der Waals surface area contributed by atoms with Crippen LogP contribution >= 0.6 is 0 Å². The fourth-order valence-electron chi connectivity index (χ4n) is 3.29. The van der Waals surface area contributed by atoms with Crippen LogP contribution in [0.3, 0.4) is 0 Å². The van der Waals surface area contributed by atoms with Crippen molar-refractivity contribution in [1.82, 2.24) is 29.5 Å². The second-order valence-corrected chi connectivity index (χ2v) is 6.68. The second-order valence-electron chi connectivity index (χ2n) is 6.68. The topological polar surface area (TPSA) is 99.9 Å². The molecule has 29 heavy (non-hydrogen) atoms. The normalized spacial score (nSPS) is 14.1. The van der Waals surface area contributed by atoms with Gasteiger partial charge in [0.15, 0.2) is 5.69 Å². The number of rotatable bonds is 5. The summed E-state index contributed by atoms with van der Waals surface area (Å²) in [7, 11) is 0. The van der Waals surface area contributed by atoms with Crippen LogP contribution in [-0.4, -0.2) is 68.6 Å². The fraction of sp³-hybridized carbons (Fsp3) is 0.250. The number of imidazole rings is 1. The van der Waals surface area contributed by atoms with Gasteiger partial charge in [0.05, 0.1) is 17.8 Å². The van der Waals surface area contributed by atoms with Gasteiger partial charge in [-0.1, -0.05) is 12.1 Å². The van der Waals surface area contributed by atoms with Gasteiger partial charge < -0.3 is 15.1 Å². The number of nitrogens with one attached hydrogen (secondary N) is 1. The highest BCUT2D eigenvalue weighted by Crippen LogP contribution is 2.16. The summed E-state index contributed by atoms with van der Waals surface area (Å²) in [6, 6.07) is 10.8. The van der Waals surface area contributed by atoms with Crippen LogP contribution in [-0.2, 0) is 11.3 Å². The minimum absolute atomic E-state index is 0.145. The van der Waals surface area contributed by atoms with Crippen molar-refractivity contribution < 1.29 is 14.4 Å². The zero-order valence-corrected chi connectivity index (χ0v) is 15.7. The van der Waals surface area contributed by atoms with Crippen molar-refractivity contribution in [3.63, 3.8) is 0 Å². The molecule has 0 spiro atoms. The molecule has 1 fully saturated rings. The number of fused-ring (bicyclic) bond motifs is 1. The first-order valence-electron chi connectivity index (χ1n) is 9.31. The number of piperazine rings is 1. The number of aromatic nitrogens is 3. The van der Waals surface area contributed by atoms with Crippen molar-refractivity contribution in [2.75, 3.05) is 26.2 Å². The summed E-state index contributed by atoms with van der Waals surface area (Å²) >= 11 is 0. The molecule has 4 rings (SSSR count). The Morgan fingerprint density at radius 3 is 2.59 bits per heavy atom. The van der Waals surface area contributed by atoms with Crippen molar-refractivity contribution in [3.8, 4) is 0 Å². The lowest BCUT2D eigenvalue weighted by molar-refractivity contribution is -0.119. The molecule has 0 radical (unpaired) electrons. The van der Waals surface area contributed by atoms with Gasteiger partial charge in [-0.05, 0) is 24.3 Å². The van der Waals surface area contributed by atoms with E-state index >= 15 is 0 Å². The molecule has 9 nitrogen and oxygen atoms in total. The third kappa shape index (κ3) is 3.79. The molecule has 3 aromatic rings. The molecule has 1 saturated heterocycles. The summed E-state index contributed by atoms with van der Waals surface area (Å²) < 4.78 is 1.61. The van der Waals surface area contributed by atoms with Gasteiger partial charge in [0.2, 0.25) is 12.2 Å². The van der Waals surface area contributed by atoms with E-state index in [9.17, 15) is 14.4 Å². The average Bonchev–Trinajstić information content (AvgIpc) is 3.17. The predicted octanol–water partition coefficient (Wildman–Crippen LogP) is 0.574. The zero-order chi connectivity index (χ0) is 20.2. The number of nitrogens with zero attached hydrogens (tertiary/aromatic N) is 5. The van der Waals surface area contributed by atoms with Crippen molar-refractivity contribution in [3.05, 3.63) is 66.0 Å².